The molecule has 4 heteroatoms. The summed E-state index contributed by atoms with van der Waals surface area (Å²) in [6, 6.07) is 0.0335. The molecule has 74 valence electrons. The molecule has 1 aromatic rings. The lowest BCUT2D eigenvalue weighted by atomic mass is 10.2. The van der Waals surface area contributed by atoms with Gasteiger partial charge in [-0.25, -0.2) is 0 Å². The lowest BCUT2D eigenvalue weighted by molar-refractivity contribution is 0.555. The molecule has 2 N–H and O–H groups in total. The molecule has 1 aromatic heterocycles. The van der Waals surface area contributed by atoms with Crippen molar-refractivity contribution < 1.29 is 0 Å². The average molecular weight is 182 g/mol. The van der Waals surface area contributed by atoms with Crippen molar-refractivity contribution in [3.63, 3.8) is 0 Å². The van der Waals surface area contributed by atoms with Gasteiger partial charge in [0.25, 0.3) is 0 Å². The van der Waals surface area contributed by atoms with Gasteiger partial charge in [0, 0.05) is 6.54 Å². The standard InChI is InChI=1S/C9H18N4/c1-4-6-8(10)9-12-11-7(3)13(9)5-2/h8H,4-6,10H2,1-3H3. The number of nitrogens with zero attached hydrogens (tertiary/aromatic N) is 3. The van der Waals surface area contributed by atoms with Crippen LogP contribution in [0, 0.1) is 6.92 Å². The van der Waals surface area contributed by atoms with E-state index in [-0.39, 0.29) is 6.04 Å². The minimum absolute atomic E-state index is 0.0335. The molecule has 0 aliphatic rings. The predicted octanol–water partition coefficient (Wildman–Crippen LogP) is 1.41. The van der Waals surface area contributed by atoms with E-state index in [4.69, 9.17) is 5.73 Å². The molecular weight excluding hydrogens is 164 g/mol. The van der Waals surface area contributed by atoms with Gasteiger partial charge < -0.3 is 10.3 Å². The molecule has 4 nitrogen and oxygen atoms in total. The molecule has 0 fully saturated rings. The zero-order valence-electron chi connectivity index (χ0n) is 8.62. The van der Waals surface area contributed by atoms with Gasteiger partial charge in [0.2, 0.25) is 0 Å². The van der Waals surface area contributed by atoms with E-state index in [1.807, 2.05) is 6.92 Å². The predicted molar refractivity (Wildman–Crippen MR) is 52.3 cm³/mol. The van der Waals surface area contributed by atoms with E-state index in [1.165, 1.54) is 0 Å². The topological polar surface area (TPSA) is 56.7 Å². The van der Waals surface area contributed by atoms with E-state index in [1.54, 1.807) is 0 Å². The SMILES string of the molecule is CCCC(N)c1nnc(C)n1CC. The van der Waals surface area contributed by atoms with Crippen molar-refractivity contribution in [2.75, 3.05) is 0 Å². The van der Waals surface area contributed by atoms with Crippen LogP contribution in [0.1, 0.15) is 44.4 Å². The Hall–Kier alpha value is -0.900. The maximum atomic E-state index is 5.97. The summed E-state index contributed by atoms with van der Waals surface area (Å²) in [5.41, 5.74) is 5.97. The van der Waals surface area contributed by atoms with E-state index in [2.05, 4.69) is 28.6 Å². The third-order valence-corrected chi connectivity index (χ3v) is 2.21. The Kier molecular flexibility index (Phi) is 3.42. The first-order valence-corrected chi connectivity index (χ1v) is 4.86. The smallest absolute Gasteiger partial charge is 0.149 e. The monoisotopic (exact) mass is 182 g/mol. The first kappa shape index (κ1) is 10.2. The number of aromatic nitrogens is 3. The molecule has 1 rings (SSSR count). The van der Waals surface area contributed by atoms with E-state index in [0.29, 0.717) is 0 Å². The Morgan fingerprint density at radius 1 is 1.38 bits per heavy atom. The lowest BCUT2D eigenvalue weighted by Gasteiger charge is -2.11. The molecule has 1 unspecified atom stereocenters. The van der Waals surface area contributed by atoms with Crippen LogP contribution in [0.2, 0.25) is 0 Å². The average Bonchev–Trinajstić information content (AvgIpc) is 2.47. The molecule has 0 aromatic carbocycles. The molecule has 0 saturated carbocycles. The maximum Gasteiger partial charge on any atom is 0.149 e. The van der Waals surface area contributed by atoms with Gasteiger partial charge in [-0.15, -0.1) is 10.2 Å². The number of hydrogen-bond donors (Lipinski definition) is 1. The summed E-state index contributed by atoms with van der Waals surface area (Å²) >= 11 is 0. The van der Waals surface area contributed by atoms with Gasteiger partial charge >= 0.3 is 0 Å². The Labute approximate surface area is 79.2 Å². The van der Waals surface area contributed by atoms with E-state index in [0.717, 1.165) is 31.0 Å². The van der Waals surface area contributed by atoms with Gasteiger partial charge in [-0.05, 0) is 20.3 Å². The molecule has 0 spiro atoms. The van der Waals surface area contributed by atoms with Gasteiger partial charge in [0.15, 0.2) is 0 Å². The fourth-order valence-electron chi connectivity index (χ4n) is 1.50. The second-order valence-corrected chi connectivity index (χ2v) is 3.24. The zero-order valence-corrected chi connectivity index (χ0v) is 8.62. The van der Waals surface area contributed by atoms with Gasteiger partial charge in [0.1, 0.15) is 11.6 Å². The van der Waals surface area contributed by atoms with E-state index < -0.39 is 0 Å². The van der Waals surface area contributed by atoms with Gasteiger partial charge in [-0.2, -0.15) is 0 Å². The normalized spacial score (nSPS) is 13.2. The molecule has 13 heavy (non-hydrogen) atoms. The van der Waals surface area contributed by atoms with Crippen molar-refractivity contribution in [1.82, 2.24) is 14.8 Å². The molecular formula is C9H18N4. The number of nitrogens with two attached hydrogens (primary N) is 1. The van der Waals surface area contributed by atoms with Crippen LogP contribution in [0.4, 0.5) is 0 Å². The van der Waals surface area contributed by atoms with Gasteiger partial charge in [-0.3, -0.25) is 0 Å². The summed E-state index contributed by atoms with van der Waals surface area (Å²) in [5.74, 6) is 1.87. The quantitative estimate of drug-likeness (QED) is 0.766. The van der Waals surface area contributed by atoms with Gasteiger partial charge in [-0.1, -0.05) is 13.3 Å². The zero-order chi connectivity index (χ0) is 9.84. The van der Waals surface area contributed by atoms with Crippen molar-refractivity contribution in [2.24, 2.45) is 5.73 Å². The Balaban J connectivity index is 2.86. The third kappa shape index (κ3) is 2.06. The summed E-state index contributed by atoms with van der Waals surface area (Å²) in [6.45, 7) is 7.06. The maximum absolute atomic E-state index is 5.97. The van der Waals surface area contributed by atoms with Crippen LogP contribution in [0.5, 0.6) is 0 Å². The highest BCUT2D eigenvalue weighted by atomic mass is 15.3. The molecule has 1 atom stereocenters. The van der Waals surface area contributed by atoms with Crippen LogP contribution in [0.3, 0.4) is 0 Å². The highest BCUT2D eigenvalue weighted by Gasteiger charge is 2.13. The minimum atomic E-state index is 0.0335. The summed E-state index contributed by atoms with van der Waals surface area (Å²) < 4.78 is 2.07. The Bertz CT molecular complexity index is 267. The van der Waals surface area contributed by atoms with Crippen LogP contribution >= 0.6 is 0 Å². The third-order valence-electron chi connectivity index (χ3n) is 2.21. The van der Waals surface area contributed by atoms with Crippen LogP contribution < -0.4 is 5.73 Å². The fourth-order valence-corrected chi connectivity index (χ4v) is 1.50. The minimum Gasteiger partial charge on any atom is -0.321 e. The summed E-state index contributed by atoms with van der Waals surface area (Å²) in [5, 5.41) is 8.12. The molecule has 0 radical (unpaired) electrons. The molecule has 0 bridgehead atoms. The summed E-state index contributed by atoms with van der Waals surface area (Å²) in [6.07, 6.45) is 2.05. The Morgan fingerprint density at radius 3 is 2.62 bits per heavy atom. The molecule has 0 aliphatic heterocycles. The second kappa shape index (κ2) is 4.37. The first-order chi connectivity index (χ1) is 6.20. The molecule has 0 saturated heterocycles. The van der Waals surface area contributed by atoms with Crippen molar-refractivity contribution >= 4 is 0 Å². The van der Waals surface area contributed by atoms with Crippen molar-refractivity contribution in [3.8, 4) is 0 Å². The lowest BCUT2D eigenvalue weighted by Crippen LogP contribution is -2.16. The summed E-state index contributed by atoms with van der Waals surface area (Å²) in [7, 11) is 0. The van der Waals surface area contributed by atoms with Gasteiger partial charge in [0.05, 0.1) is 6.04 Å². The summed E-state index contributed by atoms with van der Waals surface area (Å²) in [4.78, 5) is 0. The second-order valence-electron chi connectivity index (χ2n) is 3.24. The highest BCUT2D eigenvalue weighted by Crippen LogP contribution is 2.14. The first-order valence-electron chi connectivity index (χ1n) is 4.86. The van der Waals surface area contributed by atoms with E-state index >= 15 is 0 Å². The molecule has 0 aliphatic carbocycles. The van der Waals surface area contributed by atoms with Crippen LogP contribution in [0.15, 0.2) is 0 Å². The number of aryl methyl sites for hydroxylation is 1. The van der Waals surface area contributed by atoms with Crippen LogP contribution in [-0.2, 0) is 6.54 Å². The van der Waals surface area contributed by atoms with Crippen molar-refractivity contribution in [3.05, 3.63) is 11.6 Å². The van der Waals surface area contributed by atoms with Crippen LogP contribution in [0.25, 0.3) is 0 Å². The fraction of sp³-hybridized carbons (Fsp3) is 0.778. The van der Waals surface area contributed by atoms with Crippen molar-refractivity contribution in [1.29, 1.82) is 0 Å². The Morgan fingerprint density at radius 2 is 2.08 bits per heavy atom. The molecule has 0 amide bonds. The number of rotatable bonds is 4. The number of hydrogen-bond acceptors (Lipinski definition) is 3. The van der Waals surface area contributed by atoms with Crippen LogP contribution in [-0.4, -0.2) is 14.8 Å². The molecule has 1 heterocycles. The largest absolute Gasteiger partial charge is 0.321 e. The van der Waals surface area contributed by atoms with Crippen molar-refractivity contribution in [2.45, 2.75) is 46.2 Å². The van der Waals surface area contributed by atoms with E-state index in [9.17, 15) is 0 Å². The highest BCUT2D eigenvalue weighted by molar-refractivity contribution is 4.98.